The van der Waals surface area contributed by atoms with Crippen molar-refractivity contribution in [1.82, 2.24) is 9.80 Å². The molecule has 0 aliphatic carbocycles. The number of hydrogen-bond acceptors (Lipinski definition) is 3. The number of amides is 1. The van der Waals surface area contributed by atoms with Crippen LogP contribution in [0.4, 0.5) is 4.79 Å². The molecule has 0 radical (unpaired) electrons. The Bertz CT molecular complexity index is 337. The third kappa shape index (κ3) is 1.92. The first kappa shape index (κ1) is 11.3. The van der Waals surface area contributed by atoms with Crippen LogP contribution in [-0.2, 0) is 4.74 Å². The van der Waals surface area contributed by atoms with Crippen LogP contribution in [0.5, 0.6) is 0 Å². The van der Waals surface area contributed by atoms with E-state index in [1.807, 2.05) is 25.7 Å². The van der Waals surface area contributed by atoms with Gasteiger partial charge in [0.15, 0.2) is 0 Å². The standard InChI is InChI=1S/C13H22N2O2/c1-13(2,3)17-12(16)15-10-6-9-7-14(8-10)5-4-11(9)15/h9-11H,4-8H2,1-3H3/t9-,10-,11+/m1/s1. The molecule has 3 fully saturated rings. The number of hydrogen-bond donors (Lipinski definition) is 0. The van der Waals surface area contributed by atoms with Crippen LogP contribution < -0.4 is 0 Å². The molecule has 0 aromatic heterocycles. The number of piperidine rings is 2. The summed E-state index contributed by atoms with van der Waals surface area (Å²) in [4.78, 5) is 16.8. The summed E-state index contributed by atoms with van der Waals surface area (Å²) in [5.74, 6) is 0.690. The van der Waals surface area contributed by atoms with E-state index in [1.54, 1.807) is 0 Å². The van der Waals surface area contributed by atoms with Crippen molar-refractivity contribution in [2.24, 2.45) is 5.92 Å². The van der Waals surface area contributed by atoms with E-state index in [1.165, 1.54) is 13.0 Å². The zero-order valence-corrected chi connectivity index (χ0v) is 11.0. The summed E-state index contributed by atoms with van der Waals surface area (Å²) in [5.41, 5.74) is -0.383. The van der Waals surface area contributed by atoms with Crippen molar-refractivity contribution in [2.75, 3.05) is 19.6 Å². The molecule has 3 saturated heterocycles. The van der Waals surface area contributed by atoms with Crippen LogP contribution in [-0.4, -0.2) is 53.2 Å². The molecule has 3 aliphatic heterocycles. The minimum atomic E-state index is -0.383. The Kier molecular flexibility index (Phi) is 2.41. The smallest absolute Gasteiger partial charge is 0.410 e. The molecule has 1 unspecified atom stereocenters. The molecule has 4 atom stereocenters. The van der Waals surface area contributed by atoms with Gasteiger partial charge in [0.25, 0.3) is 0 Å². The molecule has 3 bridgehead atoms. The lowest BCUT2D eigenvalue weighted by molar-refractivity contribution is 0.0154. The van der Waals surface area contributed by atoms with Crippen molar-refractivity contribution >= 4 is 6.09 Å². The number of likely N-dealkylation sites (tertiary alicyclic amines) is 1. The lowest BCUT2D eigenvalue weighted by atomic mass is 9.89. The Hall–Kier alpha value is -0.770. The van der Waals surface area contributed by atoms with Crippen molar-refractivity contribution in [3.8, 4) is 0 Å². The van der Waals surface area contributed by atoms with Crippen LogP contribution in [0.2, 0.25) is 0 Å². The van der Waals surface area contributed by atoms with E-state index in [-0.39, 0.29) is 11.7 Å². The predicted molar refractivity (Wildman–Crippen MR) is 64.8 cm³/mol. The highest BCUT2D eigenvalue weighted by Gasteiger charge is 2.51. The van der Waals surface area contributed by atoms with Crippen molar-refractivity contribution in [3.63, 3.8) is 0 Å². The van der Waals surface area contributed by atoms with Gasteiger partial charge >= 0.3 is 6.09 Å². The molecule has 3 heterocycles. The zero-order chi connectivity index (χ0) is 12.2. The molecule has 0 aromatic carbocycles. The highest BCUT2D eigenvalue weighted by molar-refractivity contribution is 5.70. The lowest BCUT2D eigenvalue weighted by Gasteiger charge is -2.35. The van der Waals surface area contributed by atoms with Gasteiger partial charge in [-0.05, 0) is 39.5 Å². The largest absolute Gasteiger partial charge is 0.444 e. The molecule has 3 aliphatic rings. The average Bonchev–Trinajstić information content (AvgIpc) is 2.34. The van der Waals surface area contributed by atoms with Gasteiger partial charge in [0.05, 0.1) is 0 Å². The van der Waals surface area contributed by atoms with Gasteiger partial charge in [-0.25, -0.2) is 4.79 Å². The fraction of sp³-hybridized carbons (Fsp3) is 0.923. The monoisotopic (exact) mass is 238 g/mol. The molecule has 96 valence electrons. The summed E-state index contributed by atoms with van der Waals surface area (Å²) in [7, 11) is 0. The van der Waals surface area contributed by atoms with E-state index in [0.717, 1.165) is 19.5 Å². The van der Waals surface area contributed by atoms with Gasteiger partial charge in [-0.2, -0.15) is 0 Å². The Morgan fingerprint density at radius 2 is 2.06 bits per heavy atom. The van der Waals surface area contributed by atoms with E-state index in [9.17, 15) is 4.79 Å². The lowest BCUT2D eigenvalue weighted by Crippen LogP contribution is -2.45. The maximum absolute atomic E-state index is 12.3. The molecule has 4 heteroatoms. The topological polar surface area (TPSA) is 32.8 Å². The van der Waals surface area contributed by atoms with Gasteiger partial charge in [-0.3, -0.25) is 0 Å². The van der Waals surface area contributed by atoms with E-state index in [2.05, 4.69) is 4.90 Å². The van der Waals surface area contributed by atoms with Crippen molar-refractivity contribution < 1.29 is 9.53 Å². The summed E-state index contributed by atoms with van der Waals surface area (Å²) in [6.45, 7) is 9.19. The first-order valence-electron chi connectivity index (χ1n) is 6.68. The normalized spacial score (nSPS) is 39.6. The van der Waals surface area contributed by atoms with Crippen LogP contribution in [0, 0.1) is 5.92 Å². The number of ether oxygens (including phenoxy) is 1. The molecule has 0 N–H and O–H groups in total. The molecule has 4 nitrogen and oxygen atoms in total. The molecule has 3 rings (SSSR count). The van der Waals surface area contributed by atoms with Crippen molar-refractivity contribution in [2.45, 2.75) is 51.3 Å². The first-order chi connectivity index (χ1) is 7.94. The number of nitrogens with zero attached hydrogens (tertiary/aromatic N) is 2. The maximum atomic E-state index is 12.3. The number of carbonyl (C=O) groups is 1. The van der Waals surface area contributed by atoms with Crippen LogP contribution in [0.25, 0.3) is 0 Å². The molecular formula is C13H22N2O2. The van der Waals surface area contributed by atoms with Gasteiger partial charge in [0.2, 0.25) is 0 Å². The molecule has 0 spiro atoms. The van der Waals surface area contributed by atoms with Gasteiger partial charge in [-0.1, -0.05) is 0 Å². The minimum absolute atomic E-state index is 0.0984. The van der Waals surface area contributed by atoms with Crippen molar-refractivity contribution in [1.29, 1.82) is 0 Å². The van der Waals surface area contributed by atoms with Crippen LogP contribution in [0.1, 0.15) is 33.6 Å². The van der Waals surface area contributed by atoms with Crippen LogP contribution in [0.3, 0.4) is 0 Å². The van der Waals surface area contributed by atoms with Gasteiger partial charge in [0, 0.05) is 31.7 Å². The van der Waals surface area contributed by atoms with E-state index in [0.29, 0.717) is 18.0 Å². The average molecular weight is 238 g/mol. The van der Waals surface area contributed by atoms with Gasteiger partial charge in [-0.15, -0.1) is 0 Å². The SMILES string of the molecule is CC(C)(C)OC(=O)N1[C@@H]2C[C@@H]3CN(CC[C@@H]31)C2. The van der Waals surface area contributed by atoms with Gasteiger partial charge < -0.3 is 14.5 Å². The second-order valence-electron chi connectivity index (χ2n) is 6.65. The highest BCUT2D eigenvalue weighted by atomic mass is 16.6. The third-order valence-corrected chi connectivity index (χ3v) is 4.18. The molecule has 17 heavy (non-hydrogen) atoms. The van der Waals surface area contributed by atoms with E-state index < -0.39 is 0 Å². The summed E-state index contributed by atoms with van der Waals surface area (Å²) in [6.07, 6.45) is 2.21. The summed E-state index contributed by atoms with van der Waals surface area (Å²) in [5, 5.41) is 0. The van der Waals surface area contributed by atoms with Crippen LogP contribution >= 0.6 is 0 Å². The summed E-state index contributed by atoms with van der Waals surface area (Å²) >= 11 is 0. The number of fused-ring (bicyclic) bond motifs is 2. The zero-order valence-electron chi connectivity index (χ0n) is 11.0. The minimum Gasteiger partial charge on any atom is -0.444 e. The summed E-state index contributed by atoms with van der Waals surface area (Å²) < 4.78 is 5.55. The van der Waals surface area contributed by atoms with E-state index >= 15 is 0 Å². The highest BCUT2D eigenvalue weighted by Crippen LogP contribution is 2.40. The summed E-state index contributed by atoms with van der Waals surface area (Å²) in [6, 6.07) is 0.838. The Balaban J connectivity index is 1.77. The van der Waals surface area contributed by atoms with Gasteiger partial charge in [0.1, 0.15) is 5.60 Å². The van der Waals surface area contributed by atoms with Crippen LogP contribution in [0.15, 0.2) is 0 Å². The fourth-order valence-electron chi connectivity index (χ4n) is 3.65. The molecule has 0 saturated carbocycles. The Labute approximate surface area is 103 Å². The molecule has 0 aromatic rings. The third-order valence-electron chi connectivity index (χ3n) is 4.18. The number of rotatable bonds is 0. The van der Waals surface area contributed by atoms with Crippen molar-refractivity contribution in [3.05, 3.63) is 0 Å². The maximum Gasteiger partial charge on any atom is 0.410 e. The first-order valence-corrected chi connectivity index (χ1v) is 6.68. The molecular weight excluding hydrogens is 216 g/mol. The fourth-order valence-corrected chi connectivity index (χ4v) is 3.65. The second kappa shape index (κ2) is 3.61. The molecule has 1 amide bonds. The Morgan fingerprint density at radius 1 is 1.29 bits per heavy atom. The van der Waals surface area contributed by atoms with E-state index in [4.69, 9.17) is 4.74 Å². The quantitative estimate of drug-likeness (QED) is 0.644. The Morgan fingerprint density at radius 3 is 2.76 bits per heavy atom. The predicted octanol–water partition coefficient (Wildman–Crippen LogP) is 1.70. The second-order valence-corrected chi connectivity index (χ2v) is 6.65. The number of carbonyl (C=O) groups excluding carboxylic acids is 1.